The SMILES string of the molecule is COc1ccc(C(=O)CN2CCCC(C(=O)O)C2)cc1. The topological polar surface area (TPSA) is 66.8 Å². The van der Waals surface area contributed by atoms with Gasteiger partial charge in [-0.25, -0.2) is 0 Å². The van der Waals surface area contributed by atoms with Gasteiger partial charge in [-0.3, -0.25) is 14.5 Å². The number of rotatable bonds is 5. The van der Waals surface area contributed by atoms with Crippen LogP contribution in [0.4, 0.5) is 0 Å². The number of likely N-dealkylation sites (tertiary alicyclic amines) is 1. The molecule has 5 nitrogen and oxygen atoms in total. The fraction of sp³-hybridized carbons (Fsp3) is 0.467. The molecule has 0 spiro atoms. The van der Waals surface area contributed by atoms with E-state index in [-0.39, 0.29) is 18.2 Å². The smallest absolute Gasteiger partial charge is 0.307 e. The Labute approximate surface area is 118 Å². The van der Waals surface area contributed by atoms with E-state index < -0.39 is 5.97 Å². The Hall–Kier alpha value is -1.88. The number of carbonyl (C=O) groups excluding carboxylic acids is 1. The summed E-state index contributed by atoms with van der Waals surface area (Å²) < 4.78 is 5.05. The van der Waals surface area contributed by atoms with E-state index in [1.807, 2.05) is 4.90 Å². The highest BCUT2D eigenvalue weighted by molar-refractivity contribution is 5.97. The van der Waals surface area contributed by atoms with Crippen LogP contribution in [0.2, 0.25) is 0 Å². The van der Waals surface area contributed by atoms with Crippen LogP contribution in [-0.4, -0.2) is 48.5 Å². The summed E-state index contributed by atoms with van der Waals surface area (Å²) in [6.07, 6.45) is 1.52. The van der Waals surface area contributed by atoms with E-state index in [0.717, 1.165) is 13.0 Å². The van der Waals surface area contributed by atoms with Crippen molar-refractivity contribution in [2.24, 2.45) is 5.92 Å². The fourth-order valence-corrected chi connectivity index (χ4v) is 2.47. The number of benzene rings is 1. The second-order valence-corrected chi connectivity index (χ2v) is 5.06. The minimum absolute atomic E-state index is 0.0127. The van der Waals surface area contributed by atoms with E-state index in [0.29, 0.717) is 24.3 Å². The Bertz CT molecular complexity index is 483. The van der Waals surface area contributed by atoms with Crippen molar-refractivity contribution in [3.8, 4) is 5.75 Å². The molecule has 1 unspecified atom stereocenters. The maximum Gasteiger partial charge on any atom is 0.307 e. The number of piperidine rings is 1. The number of aliphatic carboxylic acids is 1. The average Bonchev–Trinajstić information content (AvgIpc) is 2.47. The Morgan fingerprint density at radius 2 is 2.05 bits per heavy atom. The van der Waals surface area contributed by atoms with Crippen molar-refractivity contribution in [2.45, 2.75) is 12.8 Å². The number of Topliss-reactive ketones (excluding diaryl/α,β-unsaturated/α-hetero) is 1. The molecule has 1 aliphatic rings. The van der Waals surface area contributed by atoms with Crippen molar-refractivity contribution in [1.29, 1.82) is 0 Å². The molecule has 1 N–H and O–H groups in total. The molecule has 0 saturated carbocycles. The van der Waals surface area contributed by atoms with Crippen molar-refractivity contribution in [2.75, 3.05) is 26.7 Å². The molecule has 1 aromatic carbocycles. The zero-order chi connectivity index (χ0) is 14.5. The van der Waals surface area contributed by atoms with E-state index in [4.69, 9.17) is 9.84 Å². The van der Waals surface area contributed by atoms with Gasteiger partial charge in [-0.2, -0.15) is 0 Å². The molecule has 1 aromatic rings. The van der Waals surface area contributed by atoms with Crippen molar-refractivity contribution >= 4 is 11.8 Å². The maximum absolute atomic E-state index is 12.2. The lowest BCUT2D eigenvalue weighted by Crippen LogP contribution is -2.41. The highest BCUT2D eigenvalue weighted by Crippen LogP contribution is 2.18. The van der Waals surface area contributed by atoms with E-state index in [2.05, 4.69) is 0 Å². The van der Waals surface area contributed by atoms with Gasteiger partial charge in [0.15, 0.2) is 5.78 Å². The first-order valence-corrected chi connectivity index (χ1v) is 6.72. The first-order chi connectivity index (χ1) is 9.60. The van der Waals surface area contributed by atoms with Gasteiger partial charge < -0.3 is 9.84 Å². The third kappa shape index (κ3) is 3.57. The second kappa shape index (κ2) is 6.52. The monoisotopic (exact) mass is 277 g/mol. The highest BCUT2D eigenvalue weighted by Gasteiger charge is 2.26. The summed E-state index contributed by atoms with van der Waals surface area (Å²) >= 11 is 0. The molecule has 1 aliphatic heterocycles. The Morgan fingerprint density at radius 3 is 2.65 bits per heavy atom. The van der Waals surface area contributed by atoms with Gasteiger partial charge >= 0.3 is 5.97 Å². The van der Waals surface area contributed by atoms with Crippen LogP contribution in [0.1, 0.15) is 23.2 Å². The van der Waals surface area contributed by atoms with Crippen LogP contribution in [0, 0.1) is 5.92 Å². The number of ketones is 1. The van der Waals surface area contributed by atoms with Crippen LogP contribution in [0.25, 0.3) is 0 Å². The van der Waals surface area contributed by atoms with Crippen LogP contribution < -0.4 is 4.74 Å². The lowest BCUT2D eigenvalue weighted by molar-refractivity contribution is -0.143. The van der Waals surface area contributed by atoms with Gasteiger partial charge in [0, 0.05) is 12.1 Å². The third-order valence-corrected chi connectivity index (χ3v) is 3.63. The molecule has 1 fully saturated rings. The van der Waals surface area contributed by atoms with Crippen molar-refractivity contribution < 1.29 is 19.4 Å². The first kappa shape index (κ1) is 14.5. The standard InChI is InChI=1S/C15H19NO4/c1-20-13-6-4-11(5-7-13)14(17)10-16-8-2-3-12(9-16)15(18)19/h4-7,12H,2-3,8-10H2,1H3,(H,18,19). The minimum Gasteiger partial charge on any atom is -0.497 e. The Kier molecular flexibility index (Phi) is 4.74. The van der Waals surface area contributed by atoms with Gasteiger partial charge in [0.05, 0.1) is 19.6 Å². The van der Waals surface area contributed by atoms with Gasteiger partial charge in [-0.15, -0.1) is 0 Å². The molecule has 0 aromatic heterocycles. The second-order valence-electron chi connectivity index (χ2n) is 5.06. The summed E-state index contributed by atoms with van der Waals surface area (Å²) in [4.78, 5) is 25.1. The summed E-state index contributed by atoms with van der Waals surface area (Å²) in [5, 5.41) is 9.04. The van der Waals surface area contributed by atoms with E-state index in [9.17, 15) is 9.59 Å². The predicted molar refractivity (Wildman–Crippen MR) is 74.1 cm³/mol. The molecule has 20 heavy (non-hydrogen) atoms. The summed E-state index contributed by atoms with van der Waals surface area (Å²) in [5.74, 6) is -0.400. The molecule has 0 aliphatic carbocycles. The van der Waals surface area contributed by atoms with Crippen LogP contribution in [-0.2, 0) is 4.79 Å². The molecule has 0 radical (unpaired) electrons. The number of carboxylic acid groups (broad SMARTS) is 1. The van der Waals surface area contributed by atoms with Crippen molar-refractivity contribution in [3.63, 3.8) is 0 Å². The zero-order valence-electron chi connectivity index (χ0n) is 11.5. The van der Waals surface area contributed by atoms with Gasteiger partial charge in [0.2, 0.25) is 0 Å². The number of ether oxygens (including phenoxy) is 1. The first-order valence-electron chi connectivity index (χ1n) is 6.72. The molecule has 1 atom stereocenters. The molecular weight excluding hydrogens is 258 g/mol. The highest BCUT2D eigenvalue weighted by atomic mass is 16.5. The number of methoxy groups -OCH3 is 1. The van der Waals surface area contributed by atoms with Crippen LogP contribution in [0.3, 0.4) is 0 Å². The lowest BCUT2D eigenvalue weighted by atomic mass is 9.98. The number of carboxylic acids is 1. The Balaban J connectivity index is 1.94. The van der Waals surface area contributed by atoms with E-state index in [1.54, 1.807) is 31.4 Å². The van der Waals surface area contributed by atoms with Gasteiger partial charge in [-0.1, -0.05) is 0 Å². The fourth-order valence-electron chi connectivity index (χ4n) is 2.47. The lowest BCUT2D eigenvalue weighted by Gasteiger charge is -2.29. The molecular formula is C15H19NO4. The molecule has 1 heterocycles. The summed E-state index contributed by atoms with van der Waals surface area (Å²) in [6, 6.07) is 6.98. The van der Waals surface area contributed by atoms with Crippen LogP contribution in [0.15, 0.2) is 24.3 Å². The van der Waals surface area contributed by atoms with Crippen LogP contribution in [0.5, 0.6) is 5.75 Å². The summed E-state index contributed by atoms with van der Waals surface area (Å²) in [5.41, 5.74) is 0.628. The number of hydrogen-bond donors (Lipinski definition) is 1. The summed E-state index contributed by atoms with van der Waals surface area (Å²) in [6.45, 7) is 1.51. The van der Waals surface area contributed by atoms with E-state index >= 15 is 0 Å². The molecule has 0 amide bonds. The number of carbonyl (C=O) groups is 2. The minimum atomic E-state index is -0.772. The maximum atomic E-state index is 12.2. The predicted octanol–water partition coefficient (Wildman–Crippen LogP) is 1.67. The molecule has 2 rings (SSSR count). The molecule has 1 saturated heterocycles. The molecule has 0 bridgehead atoms. The Morgan fingerprint density at radius 1 is 1.35 bits per heavy atom. The van der Waals surface area contributed by atoms with Gasteiger partial charge in [0.25, 0.3) is 0 Å². The summed E-state index contributed by atoms with van der Waals surface area (Å²) in [7, 11) is 1.58. The third-order valence-electron chi connectivity index (χ3n) is 3.63. The van der Waals surface area contributed by atoms with E-state index in [1.165, 1.54) is 0 Å². The quantitative estimate of drug-likeness (QED) is 0.829. The average molecular weight is 277 g/mol. The number of hydrogen-bond acceptors (Lipinski definition) is 4. The van der Waals surface area contributed by atoms with Crippen LogP contribution >= 0.6 is 0 Å². The number of nitrogens with zero attached hydrogens (tertiary/aromatic N) is 1. The normalized spacial score (nSPS) is 19.6. The van der Waals surface area contributed by atoms with Crippen molar-refractivity contribution in [1.82, 2.24) is 4.90 Å². The zero-order valence-corrected chi connectivity index (χ0v) is 11.5. The van der Waals surface area contributed by atoms with Gasteiger partial charge in [0.1, 0.15) is 5.75 Å². The van der Waals surface area contributed by atoms with Gasteiger partial charge in [-0.05, 0) is 43.7 Å². The van der Waals surface area contributed by atoms with Crippen molar-refractivity contribution in [3.05, 3.63) is 29.8 Å². The largest absolute Gasteiger partial charge is 0.497 e. The molecule has 5 heteroatoms. The molecule has 108 valence electrons.